The second-order valence-electron chi connectivity index (χ2n) is 5.46. The lowest BCUT2D eigenvalue weighted by atomic mass is 9.82. The van der Waals surface area contributed by atoms with Gasteiger partial charge in [0.1, 0.15) is 6.10 Å². The maximum atomic E-state index is 10.8. The van der Waals surface area contributed by atoms with Gasteiger partial charge in [-0.05, 0) is 39.1 Å². The molecule has 2 nitrogen and oxygen atoms in total. The van der Waals surface area contributed by atoms with Gasteiger partial charge in [-0.1, -0.05) is 37.3 Å². The molecular weight excluding hydrogens is 266 g/mol. The fraction of sp³-hybridized carbons (Fsp3) is 0.714. The van der Waals surface area contributed by atoms with Crippen LogP contribution in [0.25, 0.3) is 0 Å². The van der Waals surface area contributed by atoms with Crippen molar-refractivity contribution in [2.24, 2.45) is 0 Å². The number of likely N-dealkylation sites (N-methyl/N-ethyl adjacent to an activating group) is 1. The molecule has 1 aliphatic carbocycles. The van der Waals surface area contributed by atoms with Crippen molar-refractivity contribution in [1.82, 2.24) is 4.90 Å². The van der Waals surface area contributed by atoms with E-state index in [-0.39, 0.29) is 5.54 Å². The Morgan fingerprint density at radius 1 is 1.22 bits per heavy atom. The minimum Gasteiger partial charge on any atom is -0.386 e. The zero-order valence-corrected chi connectivity index (χ0v) is 12.7. The highest BCUT2D eigenvalue weighted by molar-refractivity contribution is 7.16. The lowest BCUT2D eigenvalue weighted by molar-refractivity contribution is -0.0178. The molecule has 0 saturated heterocycles. The molecule has 1 N–H and O–H groups in total. The van der Waals surface area contributed by atoms with Crippen molar-refractivity contribution in [3.8, 4) is 0 Å². The summed E-state index contributed by atoms with van der Waals surface area (Å²) in [7, 11) is 4.17. The summed E-state index contributed by atoms with van der Waals surface area (Å²) < 4.78 is 0.756. The summed E-state index contributed by atoms with van der Waals surface area (Å²) in [5, 5.41) is 10.8. The minimum atomic E-state index is -0.428. The second-order valence-corrected chi connectivity index (χ2v) is 7.20. The van der Waals surface area contributed by atoms with Crippen molar-refractivity contribution in [2.45, 2.75) is 50.2 Å². The SMILES string of the molecule is CN(C)C1(C(O)c2ccc(Cl)s2)CCCCCC1. The molecule has 0 aliphatic heterocycles. The van der Waals surface area contributed by atoms with Gasteiger partial charge >= 0.3 is 0 Å². The van der Waals surface area contributed by atoms with E-state index >= 15 is 0 Å². The first-order valence-electron chi connectivity index (χ1n) is 6.67. The standard InChI is InChI=1S/C14H22ClNOS/c1-16(2)14(9-5-3-4-6-10-14)13(17)11-7-8-12(15)18-11/h7-8,13,17H,3-6,9-10H2,1-2H3. The molecule has 0 bridgehead atoms. The van der Waals surface area contributed by atoms with Crippen LogP contribution in [0.2, 0.25) is 4.34 Å². The fourth-order valence-electron chi connectivity index (χ4n) is 3.05. The molecule has 0 spiro atoms. The van der Waals surface area contributed by atoms with Crippen LogP contribution in [0.3, 0.4) is 0 Å². The van der Waals surface area contributed by atoms with Gasteiger partial charge in [0.25, 0.3) is 0 Å². The normalized spacial score (nSPS) is 21.8. The van der Waals surface area contributed by atoms with E-state index in [2.05, 4.69) is 19.0 Å². The van der Waals surface area contributed by atoms with Crippen LogP contribution in [0.5, 0.6) is 0 Å². The molecule has 1 unspecified atom stereocenters. The molecule has 0 amide bonds. The van der Waals surface area contributed by atoms with E-state index in [9.17, 15) is 5.11 Å². The van der Waals surface area contributed by atoms with E-state index in [1.54, 1.807) is 0 Å². The monoisotopic (exact) mass is 287 g/mol. The summed E-state index contributed by atoms with van der Waals surface area (Å²) in [6, 6.07) is 3.85. The van der Waals surface area contributed by atoms with Crippen LogP contribution in [0.1, 0.15) is 49.5 Å². The highest BCUT2D eigenvalue weighted by atomic mass is 35.5. The molecule has 18 heavy (non-hydrogen) atoms. The van der Waals surface area contributed by atoms with Gasteiger partial charge in [-0.25, -0.2) is 0 Å². The van der Waals surface area contributed by atoms with Crippen LogP contribution in [0.4, 0.5) is 0 Å². The first kappa shape index (κ1) is 14.3. The van der Waals surface area contributed by atoms with Gasteiger partial charge in [-0.2, -0.15) is 0 Å². The summed E-state index contributed by atoms with van der Waals surface area (Å²) in [4.78, 5) is 3.21. The van der Waals surface area contributed by atoms with E-state index in [1.807, 2.05) is 12.1 Å². The third-order valence-corrected chi connectivity index (χ3v) is 5.52. The Morgan fingerprint density at radius 2 is 1.83 bits per heavy atom. The number of halogens is 1. The molecule has 1 aromatic rings. The number of aliphatic hydroxyl groups excluding tert-OH is 1. The van der Waals surface area contributed by atoms with E-state index < -0.39 is 6.10 Å². The molecule has 4 heteroatoms. The minimum absolute atomic E-state index is 0.120. The number of hydrogen-bond donors (Lipinski definition) is 1. The molecule has 1 aromatic heterocycles. The molecule has 0 aromatic carbocycles. The van der Waals surface area contributed by atoms with Crippen LogP contribution in [-0.2, 0) is 0 Å². The van der Waals surface area contributed by atoms with Crippen molar-refractivity contribution in [3.63, 3.8) is 0 Å². The Labute approximate surface area is 119 Å². The van der Waals surface area contributed by atoms with E-state index in [1.165, 1.54) is 37.0 Å². The molecule has 0 radical (unpaired) electrons. The van der Waals surface area contributed by atoms with Crippen LogP contribution >= 0.6 is 22.9 Å². The summed E-state index contributed by atoms with van der Waals surface area (Å²) in [6.07, 6.45) is 6.68. The van der Waals surface area contributed by atoms with Gasteiger partial charge in [-0.15, -0.1) is 11.3 Å². The average Bonchev–Trinajstić information content (AvgIpc) is 2.63. The van der Waals surface area contributed by atoms with Crippen LogP contribution in [-0.4, -0.2) is 29.6 Å². The molecule has 1 saturated carbocycles. The first-order chi connectivity index (χ1) is 8.56. The molecule has 1 fully saturated rings. The molecule has 1 atom stereocenters. The molecule has 102 valence electrons. The predicted molar refractivity (Wildman–Crippen MR) is 78.4 cm³/mol. The van der Waals surface area contributed by atoms with Crippen LogP contribution < -0.4 is 0 Å². The molecule has 2 rings (SSSR count). The Hall–Kier alpha value is -0.0900. The maximum Gasteiger partial charge on any atom is 0.106 e. The summed E-state index contributed by atoms with van der Waals surface area (Å²) >= 11 is 7.50. The van der Waals surface area contributed by atoms with Gasteiger partial charge in [0.2, 0.25) is 0 Å². The molecule has 1 heterocycles. The topological polar surface area (TPSA) is 23.5 Å². The zero-order chi connectivity index (χ0) is 13.2. The van der Waals surface area contributed by atoms with Crippen molar-refractivity contribution < 1.29 is 5.11 Å². The molecule has 1 aliphatic rings. The summed E-state index contributed by atoms with van der Waals surface area (Å²) in [5.41, 5.74) is -0.120. The van der Waals surface area contributed by atoms with E-state index in [0.717, 1.165) is 22.1 Å². The number of nitrogens with zero attached hydrogens (tertiary/aromatic N) is 1. The highest BCUT2D eigenvalue weighted by Crippen LogP contribution is 2.43. The second kappa shape index (κ2) is 5.91. The molecular formula is C14H22ClNOS. The predicted octanol–water partition coefficient (Wildman–Crippen LogP) is 4.09. The number of rotatable bonds is 3. The van der Waals surface area contributed by atoms with Crippen molar-refractivity contribution >= 4 is 22.9 Å². The van der Waals surface area contributed by atoms with Gasteiger partial charge in [-0.3, -0.25) is 0 Å². The van der Waals surface area contributed by atoms with Crippen molar-refractivity contribution in [2.75, 3.05) is 14.1 Å². The first-order valence-corrected chi connectivity index (χ1v) is 7.86. The van der Waals surface area contributed by atoms with Gasteiger partial charge < -0.3 is 10.0 Å². The quantitative estimate of drug-likeness (QED) is 0.847. The smallest absolute Gasteiger partial charge is 0.106 e. The van der Waals surface area contributed by atoms with Crippen LogP contribution in [0.15, 0.2) is 12.1 Å². The average molecular weight is 288 g/mol. The Morgan fingerprint density at radius 3 is 2.28 bits per heavy atom. The van der Waals surface area contributed by atoms with E-state index in [0.29, 0.717) is 0 Å². The number of thiophene rings is 1. The largest absolute Gasteiger partial charge is 0.386 e. The summed E-state index contributed by atoms with van der Waals surface area (Å²) in [6.45, 7) is 0. The van der Waals surface area contributed by atoms with Gasteiger partial charge in [0.15, 0.2) is 0 Å². The third-order valence-electron chi connectivity index (χ3n) is 4.23. The Kier molecular flexibility index (Phi) is 4.70. The third kappa shape index (κ3) is 2.74. The van der Waals surface area contributed by atoms with E-state index in [4.69, 9.17) is 11.6 Å². The lowest BCUT2D eigenvalue weighted by Crippen LogP contribution is -2.48. The van der Waals surface area contributed by atoms with Crippen molar-refractivity contribution in [3.05, 3.63) is 21.3 Å². The Balaban J connectivity index is 2.28. The van der Waals surface area contributed by atoms with Gasteiger partial charge in [0, 0.05) is 4.88 Å². The maximum absolute atomic E-state index is 10.8. The number of aliphatic hydroxyl groups is 1. The van der Waals surface area contributed by atoms with Gasteiger partial charge in [0.05, 0.1) is 9.88 Å². The lowest BCUT2D eigenvalue weighted by Gasteiger charge is -2.43. The number of hydrogen-bond acceptors (Lipinski definition) is 3. The Bertz CT molecular complexity index is 383. The van der Waals surface area contributed by atoms with Crippen LogP contribution in [0, 0.1) is 0 Å². The zero-order valence-electron chi connectivity index (χ0n) is 11.2. The van der Waals surface area contributed by atoms with Crippen molar-refractivity contribution in [1.29, 1.82) is 0 Å². The fourth-order valence-corrected chi connectivity index (χ4v) is 4.20. The highest BCUT2D eigenvalue weighted by Gasteiger charge is 2.41. The summed E-state index contributed by atoms with van der Waals surface area (Å²) in [5.74, 6) is 0.